The van der Waals surface area contributed by atoms with Crippen LogP contribution in [0, 0.1) is 50.7 Å². The van der Waals surface area contributed by atoms with Gasteiger partial charge in [0.15, 0.2) is 10.8 Å². The lowest BCUT2D eigenvalue weighted by Crippen LogP contribution is -2.57. The molecule has 27 heavy (non-hydrogen) atoms. The van der Waals surface area contributed by atoms with Crippen molar-refractivity contribution in [3.8, 4) is 24.0 Å². The van der Waals surface area contributed by atoms with Gasteiger partial charge in [-0.05, 0) is 24.1 Å². The smallest absolute Gasteiger partial charge is 0.245 e. The number of aliphatic hydroxyl groups is 1. The summed E-state index contributed by atoms with van der Waals surface area (Å²) < 4.78 is 5.17. The molecule has 2 fully saturated rings. The van der Waals surface area contributed by atoms with Crippen LogP contribution in [0.1, 0.15) is 37.7 Å². The number of ether oxygens (including phenoxy) is 1. The Balaban J connectivity index is 2.31. The maximum Gasteiger partial charge on any atom is 0.245 e. The van der Waals surface area contributed by atoms with E-state index in [9.17, 15) is 25.7 Å². The number of nitriles is 3. The number of fused-ring (bicyclic) bond motifs is 2. The Morgan fingerprint density at radius 2 is 1.85 bits per heavy atom. The molecule has 2 N–H and O–H groups in total. The molecule has 2 aliphatic rings. The van der Waals surface area contributed by atoms with E-state index in [4.69, 9.17) is 4.74 Å². The molecule has 1 saturated heterocycles. The van der Waals surface area contributed by atoms with E-state index >= 15 is 0 Å². The van der Waals surface area contributed by atoms with Crippen LogP contribution in [0.2, 0.25) is 0 Å². The van der Waals surface area contributed by atoms with Gasteiger partial charge in [-0.1, -0.05) is 25.5 Å². The lowest BCUT2D eigenvalue weighted by atomic mass is 9.48. The van der Waals surface area contributed by atoms with Gasteiger partial charge in [-0.2, -0.15) is 15.8 Å². The van der Waals surface area contributed by atoms with Crippen LogP contribution in [0.4, 0.5) is 0 Å². The number of hydrogen-bond donors (Lipinski definition) is 2. The van der Waals surface area contributed by atoms with Gasteiger partial charge in [0.1, 0.15) is 11.5 Å². The van der Waals surface area contributed by atoms with E-state index < -0.39 is 34.3 Å². The SMILES string of the molecule is CCC[C@H]1[C@H](c2ccc(OC)cc2)C(C#N)(C#N)[C@]2(C#N)C[C@]1(O)NC2=O. The van der Waals surface area contributed by atoms with Crippen LogP contribution < -0.4 is 10.1 Å². The third-order valence-electron chi connectivity index (χ3n) is 6.03. The molecule has 1 aromatic rings. The summed E-state index contributed by atoms with van der Waals surface area (Å²) in [5, 5.41) is 43.7. The Morgan fingerprint density at radius 3 is 2.33 bits per heavy atom. The fourth-order valence-electron chi connectivity index (χ4n) is 4.76. The first-order valence-electron chi connectivity index (χ1n) is 8.80. The third-order valence-corrected chi connectivity index (χ3v) is 6.03. The van der Waals surface area contributed by atoms with Crippen molar-refractivity contribution in [1.82, 2.24) is 5.32 Å². The molecule has 3 rings (SSSR count). The van der Waals surface area contributed by atoms with Crippen molar-refractivity contribution in [2.24, 2.45) is 16.7 Å². The first kappa shape index (κ1) is 18.7. The molecule has 2 bridgehead atoms. The molecule has 0 radical (unpaired) electrons. The first-order valence-corrected chi connectivity index (χ1v) is 8.80. The van der Waals surface area contributed by atoms with E-state index in [0.717, 1.165) is 0 Å². The van der Waals surface area contributed by atoms with E-state index in [2.05, 4.69) is 5.32 Å². The van der Waals surface area contributed by atoms with Gasteiger partial charge in [0.25, 0.3) is 0 Å². The lowest BCUT2D eigenvalue weighted by molar-refractivity contribution is -0.128. The fraction of sp³-hybridized carbons (Fsp3) is 0.500. The Labute approximate surface area is 157 Å². The zero-order valence-corrected chi connectivity index (χ0v) is 15.2. The zero-order chi connectivity index (χ0) is 19.9. The molecule has 1 amide bonds. The highest BCUT2D eigenvalue weighted by molar-refractivity contribution is 5.92. The monoisotopic (exact) mass is 364 g/mol. The molecule has 1 heterocycles. The Morgan fingerprint density at radius 1 is 1.22 bits per heavy atom. The molecule has 1 aromatic carbocycles. The minimum Gasteiger partial charge on any atom is -0.497 e. The molecular formula is C20H20N4O3. The highest BCUT2D eigenvalue weighted by Gasteiger charge is 2.76. The van der Waals surface area contributed by atoms with Gasteiger partial charge in [0, 0.05) is 18.3 Å². The molecule has 4 atom stereocenters. The molecule has 0 unspecified atom stereocenters. The van der Waals surface area contributed by atoms with E-state index in [0.29, 0.717) is 24.2 Å². The first-order chi connectivity index (χ1) is 12.9. The molecule has 1 aliphatic heterocycles. The molecule has 1 aliphatic carbocycles. The molecule has 138 valence electrons. The van der Waals surface area contributed by atoms with Crippen LogP contribution in [0.3, 0.4) is 0 Å². The number of carbonyl (C=O) groups excluding carboxylic acids is 1. The molecule has 7 heteroatoms. The van der Waals surface area contributed by atoms with Gasteiger partial charge in [-0.15, -0.1) is 0 Å². The largest absolute Gasteiger partial charge is 0.497 e. The van der Waals surface area contributed by atoms with Crippen LogP contribution in [-0.4, -0.2) is 23.8 Å². The Kier molecular flexibility index (Phi) is 4.34. The molecule has 7 nitrogen and oxygen atoms in total. The summed E-state index contributed by atoms with van der Waals surface area (Å²) in [6.45, 7) is 1.93. The van der Waals surface area contributed by atoms with Crippen molar-refractivity contribution in [2.45, 2.75) is 37.8 Å². The van der Waals surface area contributed by atoms with Crippen LogP contribution >= 0.6 is 0 Å². The second kappa shape index (κ2) is 6.27. The summed E-state index contributed by atoms with van der Waals surface area (Å²) in [6.07, 6.45) is 0.899. The van der Waals surface area contributed by atoms with Crippen LogP contribution in [0.25, 0.3) is 0 Å². The van der Waals surface area contributed by atoms with Gasteiger partial charge in [0.2, 0.25) is 5.91 Å². The number of rotatable bonds is 4. The third kappa shape index (κ3) is 2.24. The normalized spacial score (nSPS) is 33.3. The Bertz CT molecular complexity index is 878. The summed E-state index contributed by atoms with van der Waals surface area (Å²) in [5.41, 5.74) is -4.86. The average Bonchev–Trinajstić information content (AvgIpc) is 2.94. The van der Waals surface area contributed by atoms with Crippen molar-refractivity contribution in [2.75, 3.05) is 7.11 Å². The maximum atomic E-state index is 12.8. The van der Waals surface area contributed by atoms with E-state index in [1.54, 1.807) is 24.3 Å². The fourth-order valence-corrected chi connectivity index (χ4v) is 4.76. The number of carbonyl (C=O) groups is 1. The van der Waals surface area contributed by atoms with Gasteiger partial charge < -0.3 is 15.2 Å². The van der Waals surface area contributed by atoms with Gasteiger partial charge >= 0.3 is 0 Å². The second-order valence-electron chi connectivity index (χ2n) is 7.25. The van der Waals surface area contributed by atoms with Gasteiger partial charge in [-0.3, -0.25) is 4.79 Å². The standard InChI is InChI=1S/C20H20N4O3/c1-3-4-15-16(13-5-7-14(27-2)8-6-13)19(11-22,12-23)18(10-21)9-20(15,26)24-17(18)25/h5-8,15-16,26H,3-4,9H2,1-2H3,(H,24,25)/t15-,16-,18-,20+/m0/s1. The number of amides is 1. The minimum atomic E-state index is -1.93. The summed E-state index contributed by atoms with van der Waals surface area (Å²) >= 11 is 0. The molecular weight excluding hydrogens is 344 g/mol. The predicted octanol–water partition coefficient (Wildman–Crippen LogP) is 1.96. The number of nitrogens with zero attached hydrogens (tertiary/aromatic N) is 3. The molecule has 0 spiro atoms. The number of hydrogen-bond acceptors (Lipinski definition) is 6. The van der Waals surface area contributed by atoms with E-state index in [1.807, 2.05) is 25.1 Å². The van der Waals surface area contributed by atoms with Gasteiger partial charge in [-0.25, -0.2) is 0 Å². The molecule has 1 saturated carbocycles. The minimum absolute atomic E-state index is 0.270. The zero-order valence-electron chi connectivity index (χ0n) is 15.2. The summed E-state index contributed by atoms with van der Waals surface area (Å²) in [4.78, 5) is 12.8. The topological polar surface area (TPSA) is 130 Å². The van der Waals surface area contributed by atoms with Crippen LogP contribution in [-0.2, 0) is 4.79 Å². The second-order valence-corrected chi connectivity index (χ2v) is 7.25. The molecule has 0 aromatic heterocycles. The van der Waals surface area contributed by atoms with Crippen LogP contribution in [0.5, 0.6) is 5.75 Å². The summed E-state index contributed by atoms with van der Waals surface area (Å²) in [7, 11) is 1.53. The predicted molar refractivity (Wildman–Crippen MR) is 93.5 cm³/mol. The number of nitrogens with one attached hydrogen (secondary N) is 1. The summed E-state index contributed by atoms with van der Waals surface area (Å²) in [6, 6.07) is 12.8. The Hall–Kier alpha value is -3.08. The highest BCUT2D eigenvalue weighted by Crippen LogP contribution is 2.65. The number of methoxy groups -OCH3 is 1. The average molecular weight is 364 g/mol. The van der Waals surface area contributed by atoms with Crippen molar-refractivity contribution in [3.63, 3.8) is 0 Å². The van der Waals surface area contributed by atoms with E-state index in [-0.39, 0.29) is 6.42 Å². The summed E-state index contributed by atoms with van der Waals surface area (Å²) in [5.74, 6) is -1.54. The van der Waals surface area contributed by atoms with Gasteiger partial charge in [0.05, 0.1) is 25.3 Å². The van der Waals surface area contributed by atoms with E-state index in [1.165, 1.54) is 7.11 Å². The number of benzene rings is 1. The van der Waals surface area contributed by atoms with Crippen molar-refractivity contribution in [3.05, 3.63) is 29.8 Å². The van der Waals surface area contributed by atoms with Crippen LogP contribution in [0.15, 0.2) is 24.3 Å². The quantitative estimate of drug-likeness (QED) is 0.840. The maximum absolute atomic E-state index is 12.8. The van der Waals surface area contributed by atoms with Crippen molar-refractivity contribution in [1.29, 1.82) is 15.8 Å². The van der Waals surface area contributed by atoms with Crippen molar-refractivity contribution >= 4 is 5.91 Å². The highest BCUT2D eigenvalue weighted by atomic mass is 16.5. The lowest BCUT2D eigenvalue weighted by Gasteiger charge is -2.49. The van der Waals surface area contributed by atoms with Crippen molar-refractivity contribution < 1.29 is 14.6 Å².